The summed E-state index contributed by atoms with van der Waals surface area (Å²) in [6, 6.07) is 0.0565. The third-order valence-electron chi connectivity index (χ3n) is 2.93. The van der Waals surface area contributed by atoms with Crippen molar-refractivity contribution in [3.8, 4) is 0 Å². The zero-order chi connectivity index (χ0) is 14.3. The fraction of sp³-hybridized carbons (Fsp3) is 0.917. The topological polar surface area (TPSA) is 29.3 Å². The van der Waals surface area contributed by atoms with Gasteiger partial charge in [-0.15, -0.1) is 0 Å². The van der Waals surface area contributed by atoms with Gasteiger partial charge in [0.25, 0.3) is 0 Å². The fourth-order valence-corrected chi connectivity index (χ4v) is 1.92. The lowest BCUT2D eigenvalue weighted by molar-refractivity contribution is -0.160. The molecule has 6 heteroatoms. The van der Waals surface area contributed by atoms with Crippen LogP contribution in [0.2, 0.25) is 0 Å². The van der Waals surface area contributed by atoms with Crippen molar-refractivity contribution in [2.24, 2.45) is 11.7 Å². The number of alkyl halides is 3. The summed E-state index contributed by atoms with van der Waals surface area (Å²) in [6.45, 7) is 6.35. The molecular weight excluding hydrogens is 261 g/mol. The predicted octanol–water partition coefficient (Wildman–Crippen LogP) is 3.35. The molecule has 0 radical (unpaired) electrons. The third-order valence-corrected chi connectivity index (χ3v) is 3.22. The molecule has 0 spiro atoms. The van der Waals surface area contributed by atoms with Crippen LogP contribution in [0.25, 0.3) is 0 Å². The van der Waals surface area contributed by atoms with Gasteiger partial charge in [-0.25, -0.2) is 0 Å². The number of unbranched alkanes of at least 4 members (excludes halogenated alkanes) is 2. The lowest BCUT2D eigenvalue weighted by Crippen LogP contribution is -2.46. The van der Waals surface area contributed by atoms with Gasteiger partial charge in [-0.1, -0.05) is 32.0 Å². The number of nitrogens with two attached hydrogens (primary N) is 1. The summed E-state index contributed by atoms with van der Waals surface area (Å²) in [7, 11) is 0. The van der Waals surface area contributed by atoms with Crippen LogP contribution < -0.4 is 5.73 Å². The van der Waals surface area contributed by atoms with Crippen LogP contribution in [0.3, 0.4) is 0 Å². The average molecular weight is 284 g/mol. The van der Waals surface area contributed by atoms with Crippen LogP contribution in [-0.2, 0) is 0 Å². The summed E-state index contributed by atoms with van der Waals surface area (Å²) < 4.78 is 38.4. The van der Waals surface area contributed by atoms with Gasteiger partial charge < -0.3 is 5.73 Å². The summed E-state index contributed by atoms with van der Waals surface area (Å²) in [5.41, 5.74) is 5.21. The summed E-state index contributed by atoms with van der Waals surface area (Å²) >= 11 is 4.54. The van der Waals surface area contributed by atoms with Gasteiger partial charge in [0, 0.05) is 12.6 Å². The summed E-state index contributed by atoms with van der Waals surface area (Å²) in [5, 5.41) is 0. The Morgan fingerprint density at radius 2 is 1.83 bits per heavy atom. The van der Waals surface area contributed by atoms with E-state index in [1.807, 2.05) is 13.8 Å². The minimum absolute atomic E-state index is 0.0565. The van der Waals surface area contributed by atoms with E-state index in [0.717, 1.165) is 19.3 Å². The van der Waals surface area contributed by atoms with Crippen LogP contribution in [0.1, 0.15) is 40.0 Å². The molecule has 0 aromatic heterocycles. The fourth-order valence-electron chi connectivity index (χ4n) is 1.71. The highest BCUT2D eigenvalue weighted by Gasteiger charge is 2.42. The van der Waals surface area contributed by atoms with Crippen molar-refractivity contribution < 1.29 is 13.2 Å². The highest BCUT2D eigenvalue weighted by atomic mass is 32.1. The van der Waals surface area contributed by atoms with Crippen LogP contribution in [0.4, 0.5) is 13.2 Å². The smallest absolute Gasteiger partial charge is 0.393 e. The minimum atomic E-state index is -4.36. The molecule has 0 saturated carbocycles. The van der Waals surface area contributed by atoms with Crippen molar-refractivity contribution in [1.29, 1.82) is 0 Å². The molecule has 0 amide bonds. The van der Waals surface area contributed by atoms with E-state index in [2.05, 4.69) is 19.1 Å². The summed E-state index contributed by atoms with van der Waals surface area (Å²) in [6.07, 6.45) is -1.39. The molecule has 0 aromatic rings. The Balaban J connectivity index is 4.57. The Morgan fingerprint density at radius 1 is 1.28 bits per heavy atom. The van der Waals surface area contributed by atoms with E-state index < -0.39 is 17.1 Å². The number of thiocarbonyl (C=S) groups is 1. The maximum atomic E-state index is 12.8. The minimum Gasteiger partial charge on any atom is -0.393 e. The Morgan fingerprint density at radius 3 is 2.17 bits per heavy atom. The third kappa shape index (κ3) is 6.54. The Labute approximate surface area is 113 Å². The zero-order valence-electron chi connectivity index (χ0n) is 11.3. The zero-order valence-corrected chi connectivity index (χ0v) is 12.1. The van der Waals surface area contributed by atoms with Gasteiger partial charge >= 0.3 is 6.18 Å². The first-order valence-electron chi connectivity index (χ1n) is 6.30. The molecule has 2 N–H and O–H groups in total. The first kappa shape index (κ1) is 17.6. The first-order chi connectivity index (χ1) is 8.20. The molecule has 0 aliphatic rings. The van der Waals surface area contributed by atoms with Crippen molar-refractivity contribution in [3.63, 3.8) is 0 Å². The molecule has 0 aliphatic heterocycles. The van der Waals surface area contributed by atoms with Gasteiger partial charge in [-0.2, -0.15) is 13.2 Å². The van der Waals surface area contributed by atoms with E-state index in [-0.39, 0.29) is 12.6 Å². The van der Waals surface area contributed by atoms with E-state index in [1.54, 1.807) is 4.90 Å². The molecule has 0 aromatic carbocycles. The van der Waals surface area contributed by atoms with Gasteiger partial charge in [0.15, 0.2) is 0 Å². The Kier molecular flexibility index (Phi) is 7.78. The van der Waals surface area contributed by atoms with Crippen LogP contribution in [0, 0.1) is 5.92 Å². The second-order valence-electron chi connectivity index (χ2n) is 4.79. The van der Waals surface area contributed by atoms with Gasteiger partial charge in [0.2, 0.25) is 0 Å². The van der Waals surface area contributed by atoms with E-state index in [4.69, 9.17) is 5.73 Å². The van der Waals surface area contributed by atoms with Crippen LogP contribution >= 0.6 is 12.2 Å². The van der Waals surface area contributed by atoms with Gasteiger partial charge in [0.1, 0.15) is 5.92 Å². The molecule has 2 nitrogen and oxygen atoms in total. The molecule has 0 bridgehead atoms. The second kappa shape index (κ2) is 7.94. The molecule has 0 fully saturated rings. The number of rotatable bonds is 8. The van der Waals surface area contributed by atoms with Gasteiger partial charge in [-0.3, -0.25) is 4.90 Å². The molecule has 0 rings (SSSR count). The number of nitrogens with zero attached hydrogens (tertiary/aromatic N) is 1. The van der Waals surface area contributed by atoms with Crippen LogP contribution in [0.15, 0.2) is 0 Å². The van der Waals surface area contributed by atoms with E-state index in [9.17, 15) is 13.2 Å². The number of hydrogen-bond acceptors (Lipinski definition) is 2. The van der Waals surface area contributed by atoms with Gasteiger partial charge in [0.05, 0.1) is 4.99 Å². The molecule has 1 unspecified atom stereocenters. The summed E-state index contributed by atoms with van der Waals surface area (Å²) in [4.78, 5) is 1.33. The normalized spacial score (nSPS) is 14.2. The monoisotopic (exact) mass is 284 g/mol. The molecule has 0 heterocycles. The molecule has 108 valence electrons. The standard InChI is InChI=1S/C12H23F3N2S/c1-4-5-6-7-17(9(2)3)8-10(11(16)18)12(13,14)15/h9-10H,4-8H2,1-3H3,(H2,16,18). The van der Waals surface area contributed by atoms with E-state index in [0.29, 0.717) is 6.54 Å². The number of halogens is 3. The van der Waals surface area contributed by atoms with Crippen molar-refractivity contribution in [2.45, 2.75) is 52.3 Å². The van der Waals surface area contributed by atoms with Crippen LogP contribution in [0.5, 0.6) is 0 Å². The van der Waals surface area contributed by atoms with E-state index >= 15 is 0 Å². The molecular formula is C12H23F3N2S. The second-order valence-corrected chi connectivity index (χ2v) is 5.26. The van der Waals surface area contributed by atoms with Crippen LogP contribution in [-0.4, -0.2) is 35.2 Å². The quantitative estimate of drug-likeness (QED) is 0.547. The maximum Gasteiger partial charge on any atom is 0.399 e. The SMILES string of the molecule is CCCCCN(CC(C(N)=S)C(F)(F)F)C(C)C. The molecule has 18 heavy (non-hydrogen) atoms. The molecule has 0 aliphatic carbocycles. The van der Waals surface area contributed by atoms with Crippen molar-refractivity contribution in [3.05, 3.63) is 0 Å². The lowest BCUT2D eigenvalue weighted by atomic mass is 10.1. The average Bonchev–Trinajstić information content (AvgIpc) is 2.20. The van der Waals surface area contributed by atoms with Crippen molar-refractivity contribution in [2.75, 3.05) is 13.1 Å². The van der Waals surface area contributed by atoms with Gasteiger partial charge in [-0.05, 0) is 26.8 Å². The highest BCUT2D eigenvalue weighted by Crippen LogP contribution is 2.28. The summed E-state index contributed by atoms with van der Waals surface area (Å²) in [5.74, 6) is -1.71. The highest BCUT2D eigenvalue weighted by molar-refractivity contribution is 7.80. The first-order valence-corrected chi connectivity index (χ1v) is 6.71. The largest absolute Gasteiger partial charge is 0.399 e. The molecule has 1 atom stereocenters. The lowest BCUT2D eigenvalue weighted by Gasteiger charge is -2.31. The number of hydrogen-bond donors (Lipinski definition) is 1. The Bertz CT molecular complexity index is 254. The Hall–Kier alpha value is -0.360. The van der Waals surface area contributed by atoms with E-state index in [1.165, 1.54) is 0 Å². The van der Waals surface area contributed by atoms with Crippen molar-refractivity contribution in [1.82, 2.24) is 4.90 Å². The predicted molar refractivity (Wildman–Crippen MR) is 72.6 cm³/mol. The van der Waals surface area contributed by atoms with Crippen molar-refractivity contribution >= 4 is 17.2 Å². The maximum absolute atomic E-state index is 12.8. The molecule has 0 saturated heterocycles.